The third-order valence-electron chi connectivity index (χ3n) is 5.85. The molecule has 0 bridgehead atoms. The van der Waals surface area contributed by atoms with Crippen molar-refractivity contribution in [3.63, 3.8) is 0 Å². The van der Waals surface area contributed by atoms with Gasteiger partial charge in [-0.1, -0.05) is 37.3 Å². The van der Waals surface area contributed by atoms with E-state index in [1.54, 1.807) is 4.90 Å². The molecule has 1 saturated heterocycles. The van der Waals surface area contributed by atoms with Crippen LogP contribution in [0.25, 0.3) is 0 Å². The average molecular weight is 396 g/mol. The first kappa shape index (κ1) is 19.6. The molecular formula is C22H29N5O2. The van der Waals surface area contributed by atoms with Gasteiger partial charge in [-0.2, -0.15) is 5.10 Å². The molecule has 7 nitrogen and oxygen atoms in total. The van der Waals surface area contributed by atoms with Gasteiger partial charge in [0.2, 0.25) is 11.8 Å². The maximum atomic E-state index is 13.3. The quantitative estimate of drug-likeness (QED) is 0.777. The second kappa shape index (κ2) is 8.37. The van der Waals surface area contributed by atoms with Crippen LogP contribution in [0.2, 0.25) is 0 Å². The molecule has 2 aliphatic heterocycles. The average Bonchev–Trinajstić information content (AvgIpc) is 3.11. The number of piperazine rings is 1. The lowest BCUT2D eigenvalue weighted by atomic mass is 10.1. The zero-order chi connectivity index (χ0) is 20.4. The topological polar surface area (TPSA) is 61.7 Å². The van der Waals surface area contributed by atoms with Gasteiger partial charge in [0.25, 0.3) is 0 Å². The predicted octanol–water partition coefficient (Wildman–Crippen LogP) is 2.05. The molecule has 3 heterocycles. The summed E-state index contributed by atoms with van der Waals surface area (Å²) in [7, 11) is 0. The standard InChI is InChI=1S/C22H29N5O2/c1-3-19(27-20-15-17(2)23-26(20)10-9-21(27)28)22(29)25-13-11-24(12-14-25)16-18-7-5-4-6-8-18/h4-8,15,19H,3,9-14,16H2,1-2H3/t19-/m1/s1. The molecule has 0 unspecified atom stereocenters. The SMILES string of the molecule is CC[C@H](C(=O)N1CCN(Cc2ccccc2)CC1)N1C(=O)CCn2nc(C)cc21. The normalized spacial score (nSPS) is 18.6. The number of aryl methyl sites for hydroxylation is 2. The molecule has 1 aromatic carbocycles. The molecule has 0 radical (unpaired) electrons. The largest absolute Gasteiger partial charge is 0.338 e. The Balaban J connectivity index is 1.43. The van der Waals surface area contributed by atoms with Gasteiger partial charge in [-0.05, 0) is 18.9 Å². The fourth-order valence-electron chi connectivity index (χ4n) is 4.32. The van der Waals surface area contributed by atoms with E-state index in [1.807, 2.05) is 35.6 Å². The number of aromatic nitrogens is 2. The molecule has 1 aromatic heterocycles. The molecule has 7 heteroatoms. The van der Waals surface area contributed by atoms with E-state index < -0.39 is 6.04 Å². The van der Waals surface area contributed by atoms with E-state index in [-0.39, 0.29) is 11.8 Å². The monoisotopic (exact) mass is 395 g/mol. The van der Waals surface area contributed by atoms with Crippen molar-refractivity contribution in [1.82, 2.24) is 19.6 Å². The van der Waals surface area contributed by atoms with Crippen molar-refractivity contribution in [3.05, 3.63) is 47.7 Å². The number of amides is 2. The van der Waals surface area contributed by atoms with E-state index >= 15 is 0 Å². The van der Waals surface area contributed by atoms with Crippen LogP contribution in [-0.2, 0) is 22.7 Å². The number of carbonyl (C=O) groups is 2. The Bertz CT molecular complexity index is 871. The summed E-state index contributed by atoms with van der Waals surface area (Å²) in [6.45, 7) is 8.48. The number of hydrogen-bond acceptors (Lipinski definition) is 4. The maximum Gasteiger partial charge on any atom is 0.245 e. The minimum atomic E-state index is -0.460. The molecular weight excluding hydrogens is 366 g/mol. The van der Waals surface area contributed by atoms with Crippen molar-refractivity contribution in [2.45, 2.75) is 45.8 Å². The van der Waals surface area contributed by atoms with Crippen LogP contribution in [0.1, 0.15) is 31.0 Å². The summed E-state index contributed by atoms with van der Waals surface area (Å²) >= 11 is 0. The van der Waals surface area contributed by atoms with Crippen molar-refractivity contribution in [3.8, 4) is 0 Å². The number of rotatable bonds is 5. The number of hydrogen-bond donors (Lipinski definition) is 0. The van der Waals surface area contributed by atoms with E-state index in [4.69, 9.17) is 0 Å². The second-order valence-corrected chi connectivity index (χ2v) is 7.89. The highest BCUT2D eigenvalue weighted by atomic mass is 16.2. The fraction of sp³-hybridized carbons (Fsp3) is 0.500. The van der Waals surface area contributed by atoms with Crippen molar-refractivity contribution in [1.29, 1.82) is 0 Å². The van der Waals surface area contributed by atoms with Gasteiger partial charge in [-0.25, -0.2) is 4.68 Å². The van der Waals surface area contributed by atoms with Crippen LogP contribution >= 0.6 is 0 Å². The molecule has 29 heavy (non-hydrogen) atoms. The van der Waals surface area contributed by atoms with Crippen LogP contribution in [0.3, 0.4) is 0 Å². The molecule has 0 aliphatic carbocycles. The highest BCUT2D eigenvalue weighted by Gasteiger charge is 2.37. The lowest BCUT2D eigenvalue weighted by Crippen LogP contribution is -2.57. The Hall–Kier alpha value is -2.67. The number of fused-ring (bicyclic) bond motifs is 1. The molecule has 1 atom stereocenters. The minimum Gasteiger partial charge on any atom is -0.338 e. The van der Waals surface area contributed by atoms with E-state index in [1.165, 1.54) is 5.56 Å². The molecule has 0 spiro atoms. The van der Waals surface area contributed by atoms with Gasteiger partial charge in [0.1, 0.15) is 11.9 Å². The molecule has 0 N–H and O–H groups in total. The first-order valence-electron chi connectivity index (χ1n) is 10.5. The van der Waals surface area contributed by atoms with Crippen molar-refractivity contribution in [2.24, 2.45) is 0 Å². The molecule has 2 aliphatic rings. The second-order valence-electron chi connectivity index (χ2n) is 7.89. The summed E-state index contributed by atoms with van der Waals surface area (Å²) in [5.74, 6) is 0.814. The van der Waals surface area contributed by atoms with Gasteiger partial charge >= 0.3 is 0 Å². The van der Waals surface area contributed by atoms with Crippen LogP contribution in [0, 0.1) is 6.92 Å². The molecule has 4 rings (SSSR count). The summed E-state index contributed by atoms with van der Waals surface area (Å²) in [6.07, 6.45) is 0.988. The van der Waals surface area contributed by atoms with Crippen molar-refractivity contribution < 1.29 is 9.59 Å². The van der Waals surface area contributed by atoms with E-state index in [0.717, 1.165) is 31.1 Å². The molecule has 2 aromatic rings. The van der Waals surface area contributed by atoms with Crippen LogP contribution in [0.4, 0.5) is 5.82 Å². The zero-order valence-electron chi connectivity index (χ0n) is 17.3. The summed E-state index contributed by atoms with van der Waals surface area (Å²) in [5, 5.41) is 4.47. The van der Waals surface area contributed by atoms with Gasteiger partial charge in [-0.3, -0.25) is 19.4 Å². The lowest BCUT2D eigenvalue weighted by molar-refractivity contribution is -0.136. The first-order valence-corrected chi connectivity index (χ1v) is 10.5. The number of carbonyl (C=O) groups excluding carboxylic acids is 2. The summed E-state index contributed by atoms with van der Waals surface area (Å²) in [6, 6.07) is 11.9. The molecule has 1 fully saturated rings. The van der Waals surface area contributed by atoms with E-state index in [9.17, 15) is 9.59 Å². The molecule has 2 amide bonds. The van der Waals surface area contributed by atoms with Gasteiger partial charge in [-0.15, -0.1) is 0 Å². The lowest BCUT2D eigenvalue weighted by Gasteiger charge is -2.39. The van der Waals surface area contributed by atoms with Crippen LogP contribution in [-0.4, -0.2) is 63.6 Å². The maximum absolute atomic E-state index is 13.3. The van der Waals surface area contributed by atoms with Gasteiger partial charge in [0, 0.05) is 45.2 Å². The van der Waals surface area contributed by atoms with Crippen molar-refractivity contribution >= 4 is 17.6 Å². The third kappa shape index (κ3) is 4.05. The molecule has 154 valence electrons. The number of anilines is 1. The summed E-state index contributed by atoms with van der Waals surface area (Å²) < 4.78 is 1.85. The number of nitrogens with zero attached hydrogens (tertiary/aromatic N) is 5. The fourth-order valence-corrected chi connectivity index (χ4v) is 4.32. The van der Waals surface area contributed by atoms with Crippen LogP contribution < -0.4 is 4.90 Å². The Labute approximate surface area is 171 Å². The molecule has 0 saturated carbocycles. The smallest absolute Gasteiger partial charge is 0.245 e. The Morgan fingerprint density at radius 2 is 1.83 bits per heavy atom. The Kier molecular flexibility index (Phi) is 5.67. The first-order chi connectivity index (χ1) is 14.1. The number of benzene rings is 1. The third-order valence-corrected chi connectivity index (χ3v) is 5.85. The van der Waals surface area contributed by atoms with Gasteiger partial charge in [0.15, 0.2) is 0 Å². The van der Waals surface area contributed by atoms with Gasteiger partial charge in [0.05, 0.1) is 12.2 Å². The zero-order valence-corrected chi connectivity index (χ0v) is 17.3. The van der Waals surface area contributed by atoms with E-state index in [0.29, 0.717) is 32.5 Å². The predicted molar refractivity (Wildman–Crippen MR) is 111 cm³/mol. The van der Waals surface area contributed by atoms with Crippen LogP contribution in [0.15, 0.2) is 36.4 Å². The van der Waals surface area contributed by atoms with Gasteiger partial charge < -0.3 is 4.90 Å². The van der Waals surface area contributed by atoms with E-state index in [2.05, 4.69) is 34.3 Å². The highest BCUT2D eigenvalue weighted by Crippen LogP contribution is 2.27. The highest BCUT2D eigenvalue weighted by molar-refractivity contribution is 6.01. The van der Waals surface area contributed by atoms with Crippen LogP contribution in [0.5, 0.6) is 0 Å². The van der Waals surface area contributed by atoms with Crippen molar-refractivity contribution in [2.75, 3.05) is 31.1 Å². The Morgan fingerprint density at radius 3 is 2.52 bits per heavy atom. The Morgan fingerprint density at radius 1 is 1.10 bits per heavy atom. The summed E-state index contributed by atoms with van der Waals surface area (Å²) in [4.78, 5) is 32.0. The summed E-state index contributed by atoms with van der Waals surface area (Å²) in [5.41, 5.74) is 2.16. The minimum absolute atomic E-state index is 0.0142.